The van der Waals surface area contributed by atoms with Crippen molar-refractivity contribution in [2.24, 2.45) is 0 Å². The van der Waals surface area contributed by atoms with Gasteiger partial charge in [-0.15, -0.1) is 0 Å². The van der Waals surface area contributed by atoms with Crippen LogP contribution in [-0.4, -0.2) is 6.54 Å². The van der Waals surface area contributed by atoms with Crippen molar-refractivity contribution in [3.05, 3.63) is 55.3 Å². The molecule has 2 nitrogen and oxygen atoms in total. The van der Waals surface area contributed by atoms with Gasteiger partial charge >= 0.3 is 0 Å². The first-order chi connectivity index (χ1) is 9.11. The van der Waals surface area contributed by atoms with Crippen LogP contribution in [0, 0.1) is 0 Å². The summed E-state index contributed by atoms with van der Waals surface area (Å²) in [6, 6.07) is 10.1. The molecule has 2 rings (SSSR count). The van der Waals surface area contributed by atoms with Crippen LogP contribution in [0.2, 0.25) is 0 Å². The van der Waals surface area contributed by atoms with Gasteiger partial charge in [-0.25, -0.2) is 0 Å². The fraction of sp³-hybridized carbons (Fsp3) is 0.286. The van der Waals surface area contributed by atoms with Crippen LogP contribution >= 0.6 is 47.8 Å². The molecule has 0 spiro atoms. The van der Waals surface area contributed by atoms with E-state index in [0.717, 1.165) is 37.9 Å². The molecule has 1 unspecified atom stereocenters. The van der Waals surface area contributed by atoms with E-state index in [0.29, 0.717) is 0 Å². The van der Waals surface area contributed by atoms with Gasteiger partial charge in [0, 0.05) is 8.95 Å². The van der Waals surface area contributed by atoms with Crippen molar-refractivity contribution in [1.29, 1.82) is 0 Å². The van der Waals surface area contributed by atoms with Gasteiger partial charge in [0.05, 0.1) is 6.04 Å². The molecule has 19 heavy (non-hydrogen) atoms. The summed E-state index contributed by atoms with van der Waals surface area (Å²) in [5, 5.41) is 3.52. The van der Waals surface area contributed by atoms with E-state index in [9.17, 15) is 0 Å². The number of rotatable bonds is 5. The number of benzene rings is 1. The van der Waals surface area contributed by atoms with E-state index in [1.807, 2.05) is 24.3 Å². The van der Waals surface area contributed by atoms with Crippen LogP contribution in [0.5, 0.6) is 0 Å². The molecule has 1 atom stereocenters. The molecule has 0 amide bonds. The van der Waals surface area contributed by atoms with E-state index in [2.05, 4.69) is 66.1 Å². The second kappa shape index (κ2) is 7.07. The topological polar surface area (TPSA) is 25.2 Å². The fourth-order valence-corrected chi connectivity index (χ4v) is 3.05. The summed E-state index contributed by atoms with van der Waals surface area (Å²) in [6.07, 6.45) is 1.07. The number of hydrogen-bond donors (Lipinski definition) is 1. The van der Waals surface area contributed by atoms with Crippen molar-refractivity contribution in [3.63, 3.8) is 0 Å². The number of hydrogen-bond acceptors (Lipinski definition) is 2. The second-order valence-electron chi connectivity index (χ2n) is 4.19. The highest BCUT2D eigenvalue weighted by molar-refractivity contribution is 9.11. The lowest BCUT2D eigenvalue weighted by Crippen LogP contribution is -2.23. The zero-order valence-corrected chi connectivity index (χ0v) is 15.2. The third-order valence-electron chi connectivity index (χ3n) is 2.75. The van der Waals surface area contributed by atoms with Crippen LogP contribution in [0.15, 0.2) is 48.4 Å². The maximum Gasteiger partial charge on any atom is 0.169 e. The SMILES string of the molecule is CCCNC(c1ccc(Br)o1)c1cc(Br)ccc1Br. The first-order valence-electron chi connectivity index (χ1n) is 6.05. The minimum Gasteiger partial charge on any atom is -0.452 e. The van der Waals surface area contributed by atoms with E-state index < -0.39 is 0 Å². The predicted octanol–water partition coefficient (Wildman–Crippen LogP) is 5.66. The minimum absolute atomic E-state index is 0.0399. The van der Waals surface area contributed by atoms with Gasteiger partial charge < -0.3 is 9.73 Å². The molecule has 102 valence electrons. The summed E-state index contributed by atoms with van der Waals surface area (Å²) in [5.74, 6) is 0.902. The van der Waals surface area contributed by atoms with E-state index in [1.54, 1.807) is 0 Å². The lowest BCUT2D eigenvalue weighted by Gasteiger charge is -2.18. The van der Waals surface area contributed by atoms with Gasteiger partial charge in [-0.1, -0.05) is 38.8 Å². The summed E-state index contributed by atoms with van der Waals surface area (Å²) in [7, 11) is 0. The minimum atomic E-state index is 0.0399. The normalized spacial score (nSPS) is 12.6. The summed E-state index contributed by atoms with van der Waals surface area (Å²) in [5.41, 5.74) is 1.16. The highest BCUT2D eigenvalue weighted by atomic mass is 79.9. The molecule has 0 bridgehead atoms. The Bertz CT molecular complexity index is 553. The predicted molar refractivity (Wildman–Crippen MR) is 88.4 cm³/mol. The van der Waals surface area contributed by atoms with Crippen LogP contribution in [-0.2, 0) is 0 Å². The summed E-state index contributed by atoms with van der Waals surface area (Å²) >= 11 is 10.5. The molecule has 0 aliphatic carbocycles. The molecule has 0 fully saturated rings. The van der Waals surface area contributed by atoms with Crippen LogP contribution in [0.4, 0.5) is 0 Å². The van der Waals surface area contributed by atoms with Crippen LogP contribution in [0.1, 0.15) is 30.7 Å². The molecule has 1 aromatic heterocycles. The molecule has 0 saturated heterocycles. The van der Waals surface area contributed by atoms with Gasteiger partial charge in [0.1, 0.15) is 5.76 Å². The van der Waals surface area contributed by atoms with E-state index in [-0.39, 0.29) is 6.04 Å². The Morgan fingerprint density at radius 1 is 1.16 bits per heavy atom. The molecule has 5 heteroatoms. The van der Waals surface area contributed by atoms with Gasteiger partial charge in [0.15, 0.2) is 4.67 Å². The highest BCUT2D eigenvalue weighted by Gasteiger charge is 2.19. The zero-order chi connectivity index (χ0) is 13.8. The van der Waals surface area contributed by atoms with Gasteiger partial charge in [-0.2, -0.15) is 0 Å². The van der Waals surface area contributed by atoms with E-state index in [1.165, 1.54) is 0 Å². The van der Waals surface area contributed by atoms with Crippen molar-refractivity contribution in [1.82, 2.24) is 5.32 Å². The molecular weight excluding hydrogens is 438 g/mol. The van der Waals surface area contributed by atoms with Gasteiger partial charge in [0.2, 0.25) is 0 Å². The molecule has 0 aliphatic rings. The zero-order valence-electron chi connectivity index (χ0n) is 10.4. The van der Waals surface area contributed by atoms with Gasteiger partial charge in [-0.05, 0) is 64.8 Å². The molecular formula is C14H14Br3NO. The Labute approximate surface area is 138 Å². The summed E-state index contributed by atoms with van der Waals surface area (Å²) in [6.45, 7) is 3.08. The first-order valence-corrected chi connectivity index (χ1v) is 8.43. The van der Waals surface area contributed by atoms with Crippen LogP contribution in [0.25, 0.3) is 0 Å². The third kappa shape index (κ3) is 3.94. The van der Waals surface area contributed by atoms with Crippen molar-refractivity contribution in [2.45, 2.75) is 19.4 Å². The molecule has 0 saturated carbocycles. The van der Waals surface area contributed by atoms with Crippen molar-refractivity contribution >= 4 is 47.8 Å². The Hall–Kier alpha value is -0.100. The Kier molecular flexibility index (Phi) is 5.69. The summed E-state index contributed by atoms with van der Waals surface area (Å²) < 4.78 is 8.58. The highest BCUT2D eigenvalue weighted by Crippen LogP contribution is 2.32. The third-order valence-corrected chi connectivity index (χ3v) is 4.39. The van der Waals surface area contributed by atoms with Crippen LogP contribution < -0.4 is 5.32 Å². The monoisotopic (exact) mass is 449 g/mol. The van der Waals surface area contributed by atoms with Crippen LogP contribution in [0.3, 0.4) is 0 Å². The van der Waals surface area contributed by atoms with Crippen molar-refractivity contribution in [3.8, 4) is 0 Å². The number of halogens is 3. The maximum absolute atomic E-state index is 5.71. The lowest BCUT2D eigenvalue weighted by molar-refractivity contribution is 0.432. The summed E-state index contributed by atoms with van der Waals surface area (Å²) in [4.78, 5) is 0. The van der Waals surface area contributed by atoms with Gasteiger partial charge in [-0.3, -0.25) is 0 Å². The van der Waals surface area contributed by atoms with E-state index >= 15 is 0 Å². The second-order valence-corrected chi connectivity index (χ2v) is 6.75. The number of nitrogens with one attached hydrogen (secondary N) is 1. The maximum atomic E-state index is 5.71. The average molecular weight is 452 g/mol. The van der Waals surface area contributed by atoms with Crippen molar-refractivity contribution < 1.29 is 4.42 Å². The molecule has 1 N–H and O–H groups in total. The molecule has 0 radical (unpaired) electrons. The molecule has 1 aromatic carbocycles. The van der Waals surface area contributed by atoms with Gasteiger partial charge in [0.25, 0.3) is 0 Å². The molecule has 2 aromatic rings. The Morgan fingerprint density at radius 3 is 2.58 bits per heavy atom. The smallest absolute Gasteiger partial charge is 0.169 e. The lowest BCUT2D eigenvalue weighted by atomic mass is 10.0. The molecule has 1 heterocycles. The molecule has 0 aliphatic heterocycles. The Morgan fingerprint density at radius 2 is 1.95 bits per heavy atom. The van der Waals surface area contributed by atoms with Crippen molar-refractivity contribution in [2.75, 3.05) is 6.54 Å². The Balaban J connectivity index is 2.39. The fourth-order valence-electron chi connectivity index (χ4n) is 1.87. The number of furan rings is 1. The standard InChI is InChI=1S/C14H14Br3NO/c1-2-7-18-14(12-5-6-13(17)19-12)10-8-9(15)3-4-11(10)16/h3-6,8,14,18H,2,7H2,1H3. The largest absolute Gasteiger partial charge is 0.452 e. The van der Waals surface area contributed by atoms with E-state index in [4.69, 9.17) is 4.42 Å². The quantitative estimate of drug-likeness (QED) is 0.634. The first kappa shape index (κ1) is 15.3. The average Bonchev–Trinajstić information content (AvgIpc) is 2.80.